The van der Waals surface area contributed by atoms with Crippen LogP contribution in [0.1, 0.15) is 24.0 Å². The Balaban J connectivity index is 1.88. The molecule has 0 amide bonds. The van der Waals surface area contributed by atoms with E-state index in [9.17, 15) is 5.11 Å². The van der Waals surface area contributed by atoms with Gasteiger partial charge >= 0.3 is 0 Å². The fraction of sp³-hybridized carbons (Fsp3) is 0.222. The Morgan fingerprint density at radius 2 is 1.87 bits per heavy atom. The Kier molecular flexibility index (Phi) is 3.08. The second-order valence-electron chi connectivity index (χ2n) is 5.50. The quantitative estimate of drug-likeness (QED) is 0.919. The molecule has 2 aliphatic heterocycles. The van der Waals surface area contributed by atoms with Gasteiger partial charge in [-0.3, -0.25) is 0 Å². The van der Waals surface area contributed by atoms with Gasteiger partial charge < -0.3 is 24.1 Å². The maximum Gasteiger partial charge on any atom is 0.231 e. The molecule has 2 aliphatic rings. The topological polar surface area (TPSA) is 57.2 Å². The SMILES string of the molecule is COc1cccc([C@H]2C=C(C)Oc3cc4c(cc32)OCO4)c1O. The van der Waals surface area contributed by atoms with E-state index in [-0.39, 0.29) is 18.5 Å². The van der Waals surface area contributed by atoms with Crippen LogP contribution in [0, 0.1) is 0 Å². The second-order valence-corrected chi connectivity index (χ2v) is 5.50. The van der Waals surface area contributed by atoms with E-state index in [1.165, 1.54) is 7.11 Å². The third kappa shape index (κ3) is 2.16. The monoisotopic (exact) mass is 312 g/mol. The summed E-state index contributed by atoms with van der Waals surface area (Å²) >= 11 is 0. The number of benzene rings is 2. The molecule has 0 spiro atoms. The Morgan fingerprint density at radius 1 is 1.09 bits per heavy atom. The van der Waals surface area contributed by atoms with Crippen LogP contribution < -0.4 is 18.9 Å². The minimum Gasteiger partial charge on any atom is -0.504 e. The molecule has 1 atom stereocenters. The fourth-order valence-corrected chi connectivity index (χ4v) is 3.01. The molecule has 0 radical (unpaired) electrons. The van der Waals surface area contributed by atoms with Crippen LogP contribution in [-0.4, -0.2) is 19.0 Å². The van der Waals surface area contributed by atoms with Crippen LogP contribution in [0.15, 0.2) is 42.2 Å². The number of ether oxygens (including phenoxy) is 4. The summed E-state index contributed by atoms with van der Waals surface area (Å²) < 4.78 is 21.9. The molecule has 0 unspecified atom stereocenters. The van der Waals surface area contributed by atoms with Gasteiger partial charge in [0.2, 0.25) is 6.79 Å². The molecule has 5 nitrogen and oxygen atoms in total. The third-order valence-corrected chi connectivity index (χ3v) is 4.10. The summed E-state index contributed by atoms with van der Waals surface area (Å²) in [5.74, 6) is 3.27. The lowest BCUT2D eigenvalue weighted by atomic mass is 9.87. The number of fused-ring (bicyclic) bond motifs is 2. The van der Waals surface area contributed by atoms with Gasteiger partial charge in [-0.1, -0.05) is 12.1 Å². The Morgan fingerprint density at radius 3 is 2.65 bits per heavy atom. The first kappa shape index (κ1) is 13.8. The molecule has 0 saturated heterocycles. The zero-order chi connectivity index (χ0) is 16.0. The number of hydrogen-bond donors (Lipinski definition) is 1. The maximum atomic E-state index is 10.5. The van der Waals surface area contributed by atoms with Crippen LogP contribution in [0.2, 0.25) is 0 Å². The lowest BCUT2D eigenvalue weighted by Gasteiger charge is -2.25. The summed E-state index contributed by atoms with van der Waals surface area (Å²) in [6, 6.07) is 9.21. The smallest absolute Gasteiger partial charge is 0.231 e. The minimum absolute atomic E-state index is 0.134. The number of hydrogen-bond acceptors (Lipinski definition) is 5. The van der Waals surface area contributed by atoms with E-state index in [1.54, 1.807) is 6.07 Å². The molecule has 23 heavy (non-hydrogen) atoms. The van der Waals surface area contributed by atoms with E-state index >= 15 is 0 Å². The number of allylic oxidation sites excluding steroid dienone is 2. The zero-order valence-corrected chi connectivity index (χ0v) is 12.8. The van der Waals surface area contributed by atoms with Crippen molar-refractivity contribution in [3.63, 3.8) is 0 Å². The second kappa shape index (κ2) is 5.12. The number of rotatable bonds is 2. The van der Waals surface area contributed by atoms with Gasteiger partial charge in [0.25, 0.3) is 0 Å². The Bertz CT molecular complexity index is 809. The molecule has 0 aliphatic carbocycles. The van der Waals surface area contributed by atoms with Crippen molar-refractivity contribution in [2.45, 2.75) is 12.8 Å². The summed E-state index contributed by atoms with van der Waals surface area (Å²) in [5.41, 5.74) is 1.68. The normalized spacial score (nSPS) is 18.0. The first-order valence-electron chi connectivity index (χ1n) is 7.33. The van der Waals surface area contributed by atoms with E-state index in [4.69, 9.17) is 18.9 Å². The van der Waals surface area contributed by atoms with Crippen molar-refractivity contribution in [2.24, 2.45) is 0 Å². The molecule has 2 aromatic carbocycles. The number of aromatic hydroxyl groups is 1. The largest absolute Gasteiger partial charge is 0.504 e. The highest BCUT2D eigenvalue weighted by Crippen LogP contribution is 2.48. The summed E-state index contributed by atoms with van der Waals surface area (Å²) in [6.07, 6.45) is 1.97. The van der Waals surface area contributed by atoms with Gasteiger partial charge in [0, 0.05) is 23.1 Å². The van der Waals surface area contributed by atoms with Crippen molar-refractivity contribution in [2.75, 3.05) is 13.9 Å². The van der Waals surface area contributed by atoms with Crippen molar-refractivity contribution in [1.29, 1.82) is 0 Å². The third-order valence-electron chi connectivity index (χ3n) is 4.10. The predicted molar refractivity (Wildman–Crippen MR) is 83.5 cm³/mol. The van der Waals surface area contributed by atoms with Crippen molar-refractivity contribution in [1.82, 2.24) is 0 Å². The molecule has 118 valence electrons. The van der Waals surface area contributed by atoms with Gasteiger partial charge in [0.15, 0.2) is 23.0 Å². The number of methoxy groups -OCH3 is 1. The molecule has 2 heterocycles. The highest BCUT2D eigenvalue weighted by molar-refractivity contribution is 5.60. The highest BCUT2D eigenvalue weighted by Gasteiger charge is 2.28. The van der Waals surface area contributed by atoms with E-state index < -0.39 is 0 Å². The van der Waals surface area contributed by atoms with Crippen molar-refractivity contribution >= 4 is 0 Å². The summed E-state index contributed by atoms with van der Waals surface area (Å²) in [4.78, 5) is 0. The summed E-state index contributed by atoms with van der Waals surface area (Å²) in [6.45, 7) is 2.09. The zero-order valence-electron chi connectivity index (χ0n) is 12.8. The van der Waals surface area contributed by atoms with Crippen LogP contribution >= 0.6 is 0 Å². The lowest BCUT2D eigenvalue weighted by molar-refractivity contribution is 0.174. The molecule has 2 aromatic rings. The summed E-state index contributed by atoms with van der Waals surface area (Å²) in [7, 11) is 1.54. The molecule has 1 N–H and O–H groups in total. The van der Waals surface area contributed by atoms with E-state index in [2.05, 4.69) is 0 Å². The molecule has 0 saturated carbocycles. The van der Waals surface area contributed by atoms with E-state index in [0.717, 1.165) is 16.9 Å². The van der Waals surface area contributed by atoms with Gasteiger partial charge in [-0.2, -0.15) is 0 Å². The molecular formula is C18H16O5. The molecule has 0 aromatic heterocycles. The average Bonchev–Trinajstić information content (AvgIpc) is 2.99. The standard InChI is InChI=1S/C18H16O5/c1-10-6-12(11-4-3-5-14(20-2)18(11)19)13-7-16-17(22-9-21-16)8-15(13)23-10/h3-8,12,19H,9H2,1-2H3/t12-/m1/s1. The van der Waals surface area contributed by atoms with Crippen LogP contribution in [0.25, 0.3) is 0 Å². The Hall–Kier alpha value is -2.82. The molecular weight excluding hydrogens is 296 g/mol. The molecule has 4 rings (SSSR count). The van der Waals surface area contributed by atoms with Crippen molar-refractivity contribution < 1.29 is 24.1 Å². The van der Waals surface area contributed by atoms with Gasteiger partial charge in [-0.25, -0.2) is 0 Å². The lowest BCUT2D eigenvalue weighted by Crippen LogP contribution is -2.09. The van der Waals surface area contributed by atoms with E-state index in [1.807, 2.05) is 37.3 Å². The van der Waals surface area contributed by atoms with Crippen molar-refractivity contribution in [3.8, 4) is 28.7 Å². The number of para-hydroxylation sites is 1. The molecule has 5 heteroatoms. The predicted octanol–water partition coefficient (Wildman–Crippen LogP) is 3.56. The average molecular weight is 312 g/mol. The van der Waals surface area contributed by atoms with Gasteiger partial charge in [0.1, 0.15) is 5.75 Å². The maximum absolute atomic E-state index is 10.5. The van der Waals surface area contributed by atoms with Crippen molar-refractivity contribution in [3.05, 3.63) is 53.3 Å². The molecule has 0 fully saturated rings. The molecule has 0 bridgehead atoms. The first-order chi connectivity index (χ1) is 11.2. The first-order valence-corrected chi connectivity index (χ1v) is 7.33. The van der Waals surface area contributed by atoms with Gasteiger partial charge in [-0.15, -0.1) is 0 Å². The minimum atomic E-state index is -0.150. The van der Waals surface area contributed by atoms with Crippen LogP contribution in [0.5, 0.6) is 28.7 Å². The Labute approximate surface area is 133 Å². The van der Waals surface area contributed by atoms with Crippen LogP contribution in [-0.2, 0) is 0 Å². The van der Waals surface area contributed by atoms with Gasteiger partial charge in [0.05, 0.1) is 12.9 Å². The van der Waals surface area contributed by atoms with Crippen LogP contribution in [0.3, 0.4) is 0 Å². The highest BCUT2D eigenvalue weighted by atomic mass is 16.7. The van der Waals surface area contributed by atoms with E-state index in [0.29, 0.717) is 23.0 Å². The van der Waals surface area contributed by atoms with Gasteiger partial charge in [-0.05, 0) is 25.1 Å². The fourth-order valence-electron chi connectivity index (χ4n) is 3.01. The van der Waals surface area contributed by atoms with Crippen LogP contribution in [0.4, 0.5) is 0 Å². The summed E-state index contributed by atoms with van der Waals surface area (Å²) in [5, 5.41) is 10.5. The number of phenols is 1. The number of phenolic OH excluding ortho intramolecular Hbond substituents is 1.